The van der Waals surface area contributed by atoms with E-state index < -0.39 is 0 Å². The van der Waals surface area contributed by atoms with Crippen molar-refractivity contribution in [1.29, 1.82) is 0 Å². The van der Waals surface area contributed by atoms with Crippen LogP contribution in [0.2, 0.25) is 0 Å². The Morgan fingerprint density at radius 1 is 1.29 bits per heavy atom. The van der Waals surface area contributed by atoms with Gasteiger partial charge in [-0.25, -0.2) is 0 Å². The second-order valence-corrected chi connectivity index (χ2v) is 9.22. The number of carbonyl (C=O) groups excluding carboxylic acids is 2. The third-order valence-electron chi connectivity index (χ3n) is 7.84. The minimum atomic E-state index is -0.205. The third-order valence-corrected chi connectivity index (χ3v) is 7.84. The summed E-state index contributed by atoms with van der Waals surface area (Å²) in [6.45, 7) is 4.19. The molecule has 4 rings (SSSR count). The zero-order chi connectivity index (χ0) is 19.9. The van der Waals surface area contributed by atoms with Crippen LogP contribution in [0.5, 0.6) is 5.75 Å². The van der Waals surface area contributed by atoms with Crippen LogP contribution < -0.4 is 4.74 Å². The normalized spacial score (nSPS) is 33.6. The number of benzene rings is 1. The Kier molecular flexibility index (Phi) is 5.24. The fourth-order valence-electron chi connectivity index (χ4n) is 6.51. The maximum atomic E-state index is 12.7. The highest BCUT2D eigenvalue weighted by Crippen LogP contribution is 2.61. The molecule has 0 radical (unpaired) electrons. The van der Waals surface area contributed by atoms with Crippen molar-refractivity contribution in [2.24, 2.45) is 23.2 Å². The Bertz CT molecular complexity index is 770. The van der Waals surface area contributed by atoms with E-state index in [2.05, 4.69) is 25.1 Å². The van der Waals surface area contributed by atoms with Gasteiger partial charge in [0.15, 0.2) is 0 Å². The molecule has 0 amide bonds. The molecule has 4 nitrogen and oxygen atoms in total. The number of hydrogen-bond donors (Lipinski definition) is 0. The molecule has 3 aliphatic carbocycles. The topological polar surface area (TPSA) is 52.6 Å². The van der Waals surface area contributed by atoms with Crippen LogP contribution in [-0.2, 0) is 20.7 Å². The average Bonchev–Trinajstić information content (AvgIpc) is 2.99. The minimum absolute atomic E-state index is 0.126. The van der Waals surface area contributed by atoms with Crippen molar-refractivity contribution in [1.82, 2.24) is 0 Å². The molecule has 0 bridgehead atoms. The fraction of sp³-hybridized carbons (Fsp3) is 0.667. The van der Waals surface area contributed by atoms with Gasteiger partial charge in [0.2, 0.25) is 0 Å². The Hall–Kier alpha value is -1.84. The molecule has 0 saturated heterocycles. The van der Waals surface area contributed by atoms with E-state index in [1.807, 2.05) is 0 Å². The predicted molar refractivity (Wildman–Crippen MR) is 107 cm³/mol. The molecule has 2 saturated carbocycles. The van der Waals surface area contributed by atoms with Crippen LogP contribution >= 0.6 is 0 Å². The van der Waals surface area contributed by atoms with Gasteiger partial charge in [0, 0.05) is 18.8 Å². The molecule has 1 aromatic carbocycles. The highest BCUT2D eigenvalue weighted by atomic mass is 16.5. The Morgan fingerprint density at radius 3 is 2.86 bits per heavy atom. The van der Waals surface area contributed by atoms with E-state index in [-0.39, 0.29) is 11.4 Å². The van der Waals surface area contributed by atoms with Crippen molar-refractivity contribution in [3.8, 4) is 5.75 Å². The second kappa shape index (κ2) is 7.53. The summed E-state index contributed by atoms with van der Waals surface area (Å²) >= 11 is 0. The molecule has 5 atom stereocenters. The van der Waals surface area contributed by atoms with Crippen LogP contribution in [0.3, 0.4) is 0 Å². The monoisotopic (exact) mass is 384 g/mol. The Labute approximate surface area is 168 Å². The lowest BCUT2D eigenvalue weighted by Gasteiger charge is -2.51. The molecule has 4 heteroatoms. The average molecular weight is 385 g/mol. The van der Waals surface area contributed by atoms with Crippen LogP contribution in [-0.4, -0.2) is 25.5 Å². The summed E-state index contributed by atoms with van der Waals surface area (Å²) in [5.41, 5.74) is 2.76. The molecular weight excluding hydrogens is 352 g/mol. The van der Waals surface area contributed by atoms with Gasteiger partial charge in [-0.1, -0.05) is 13.0 Å². The summed E-state index contributed by atoms with van der Waals surface area (Å²) in [5.74, 6) is 3.33. The quantitative estimate of drug-likeness (QED) is 0.546. The number of esters is 1. The molecule has 0 unspecified atom stereocenters. The van der Waals surface area contributed by atoms with Gasteiger partial charge in [0.25, 0.3) is 0 Å². The van der Waals surface area contributed by atoms with Crippen molar-refractivity contribution in [2.45, 2.75) is 64.7 Å². The first-order valence-electron chi connectivity index (χ1n) is 10.8. The summed E-state index contributed by atoms with van der Waals surface area (Å²) in [7, 11) is 1.72. The third kappa shape index (κ3) is 3.25. The predicted octanol–water partition coefficient (Wildman–Crippen LogP) is 4.69. The van der Waals surface area contributed by atoms with E-state index in [9.17, 15) is 9.59 Å². The zero-order valence-corrected chi connectivity index (χ0v) is 17.3. The molecule has 1 aromatic rings. The Morgan fingerprint density at radius 2 is 2.11 bits per heavy atom. The van der Waals surface area contributed by atoms with E-state index >= 15 is 0 Å². The lowest BCUT2D eigenvalue weighted by atomic mass is 9.52. The number of rotatable bonds is 5. The molecule has 0 aromatic heterocycles. The molecule has 0 N–H and O–H groups in total. The molecule has 2 fully saturated rings. The number of fused-ring (bicyclic) bond motifs is 5. The molecule has 28 heavy (non-hydrogen) atoms. The van der Waals surface area contributed by atoms with Gasteiger partial charge < -0.3 is 9.47 Å². The number of ketones is 1. The maximum Gasteiger partial charge on any atom is 0.302 e. The standard InChI is InChI=1S/C24H32O4/c1-15(25)28-12-4-5-16-13-17-14-18(27-3)6-7-19(17)20-10-11-24(2)21(23(16)20)8-9-22(24)26/h6-7,14,16,20-21,23H,4-5,8-13H2,1-3H3/t16-,20-,21+,23-,24+/m1/s1. The first-order valence-corrected chi connectivity index (χ1v) is 10.8. The Balaban J connectivity index is 1.63. The smallest absolute Gasteiger partial charge is 0.302 e. The van der Waals surface area contributed by atoms with E-state index in [1.54, 1.807) is 7.11 Å². The number of ether oxygens (including phenoxy) is 2. The van der Waals surface area contributed by atoms with Gasteiger partial charge in [0.05, 0.1) is 13.7 Å². The first-order chi connectivity index (χ1) is 13.4. The molecular formula is C24H32O4. The molecule has 0 aliphatic heterocycles. The van der Waals surface area contributed by atoms with E-state index in [1.165, 1.54) is 18.1 Å². The second-order valence-electron chi connectivity index (χ2n) is 9.22. The van der Waals surface area contributed by atoms with Crippen LogP contribution in [0.15, 0.2) is 18.2 Å². The summed E-state index contributed by atoms with van der Waals surface area (Å²) in [4.78, 5) is 23.8. The SMILES string of the molecule is COc1ccc2c(c1)C[C@@H](CCCOC(C)=O)[C@@H]1[C@@H]2CC[C@]2(C)C(=O)CC[C@@H]12. The lowest BCUT2D eigenvalue weighted by Crippen LogP contribution is -2.46. The van der Waals surface area contributed by atoms with Crippen molar-refractivity contribution in [2.75, 3.05) is 13.7 Å². The van der Waals surface area contributed by atoms with E-state index in [4.69, 9.17) is 9.47 Å². The highest BCUT2D eigenvalue weighted by molar-refractivity contribution is 5.87. The van der Waals surface area contributed by atoms with Crippen molar-refractivity contribution >= 4 is 11.8 Å². The number of hydrogen-bond acceptors (Lipinski definition) is 4. The summed E-state index contributed by atoms with van der Waals surface area (Å²) < 4.78 is 10.7. The molecule has 0 heterocycles. The van der Waals surface area contributed by atoms with Gasteiger partial charge in [-0.3, -0.25) is 9.59 Å². The maximum absolute atomic E-state index is 12.7. The number of methoxy groups -OCH3 is 1. The van der Waals surface area contributed by atoms with Gasteiger partial charge >= 0.3 is 5.97 Å². The van der Waals surface area contributed by atoms with Crippen LogP contribution in [0.25, 0.3) is 0 Å². The van der Waals surface area contributed by atoms with Gasteiger partial charge in [-0.05, 0) is 85.5 Å². The van der Waals surface area contributed by atoms with Crippen molar-refractivity contribution < 1.29 is 19.1 Å². The van der Waals surface area contributed by atoms with E-state index in [0.717, 1.165) is 50.7 Å². The van der Waals surface area contributed by atoms with Crippen LogP contribution in [0.1, 0.15) is 69.4 Å². The summed E-state index contributed by atoms with van der Waals surface area (Å²) in [5, 5.41) is 0. The summed E-state index contributed by atoms with van der Waals surface area (Å²) in [6, 6.07) is 6.56. The lowest BCUT2D eigenvalue weighted by molar-refractivity contribution is -0.141. The summed E-state index contributed by atoms with van der Waals surface area (Å²) in [6.07, 6.45) is 6.89. The number of Topliss-reactive ketones (excluding diaryl/α,β-unsaturated/α-hetero) is 1. The molecule has 0 spiro atoms. The van der Waals surface area contributed by atoms with Gasteiger partial charge in [0.1, 0.15) is 11.5 Å². The number of carbonyl (C=O) groups is 2. The largest absolute Gasteiger partial charge is 0.497 e. The van der Waals surface area contributed by atoms with Crippen molar-refractivity contribution in [3.05, 3.63) is 29.3 Å². The molecule has 3 aliphatic rings. The van der Waals surface area contributed by atoms with Crippen LogP contribution in [0, 0.1) is 23.2 Å². The highest BCUT2D eigenvalue weighted by Gasteiger charge is 2.56. The van der Waals surface area contributed by atoms with Crippen molar-refractivity contribution in [3.63, 3.8) is 0 Å². The zero-order valence-electron chi connectivity index (χ0n) is 17.3. The molecule has 152 valence electrons. The van der Waals surface area contributed by atoms with Crippen LogP contribution in [0.4, 0.5) is 0 Å². The van der Waals surface area contributed by atoms with Gasteiger partial charge in [-0.2, -0.15) is 0 Å². The minimum Gasteiger partial charge on any atom is -0.497 e. The first kappa shape index (κ1) is 19.5. The van der Waals surface area contributed by atoms with Gasteiger partial charge in [-0.15, -0.1) is 0 Å². The fourth-order valence-corrected chi connectivity index (χ4v) is 6.51. The van der Waals surface area contributed by atoms with E-state index in [0.29, 0.717) is 36.1 Å².